The first-order chi connectivity index (χ1) is 9.08. The summed E-state index contributed by atoms with van der Waals surface area (Å²) in [5.74, 6) is -0.435. The van der Waals surface area contributed by atoms with E-state index in [1.807, 2.05) is 19.1 Å². The monoisotopic (exact) mass is 261 g/mol. The first-order valence-corrected chi connectivity index (χ1v) is 6.31. The zero-order valence-electron chi connectivity index (χ0n) is 11.1. The maximum atomic E-state index is 13.6. The van der Waals surface area contributed by atoms with Gasteiger partial charge in [-0.3, -0.25) is 0 Å². The lowest BCUT2D eigenvalue weighted by atomic mass is 10.1. The fourth-order valence-corrected chi connectivity index (χ4v) is 1.95. The highest BCUT2D eigenvalue weighted by atomic mass is 19.1. The molecule has 1 atom stereocenters. The highest BCUT2D eigenvalue weighted by Crippen LogP contribution is 2.17. The van der Waals surface area contributed by atoms with Crippen LogP contribution >= 0.6 is 0 Å². The molecule has 0 aromatic heterocycles. The van der Waals surface area contributed by atoms with Gasteiger partial charge >= 0.3 is 0 Å². The largest absolute Gasteiger partial charge is 0.306 e. The summed E-state index contributed by atoms with van der Waals surface area (Å²) in [6.07, 6.45) is 0. The quantitative estimate of drug-likeness (QED) is 0.872. The average Bonchev–Trinajstić information content (AvgIpc) is 2.40. The van der Waals surface area contributed by atoms with E-state index in [1.54, 1.807) is 25.1 Å². The minimum absolute atomic E-state index is 0.120. The highest BCUT2D eigenvalue weighted by molar-refractivity contribution is 5.24. The molecular weight excluding hydrogens is 244 g/mol. The van der Waals surface area contributed by atoms with Crippen LogP contribution in [0.15, 0.2) is 42.5 Å². The predicted molar refractivity (Wildman–Crippen MR) is 72.8 cm³/mol. The van der Waals surface area contributed by atoms with Crippen LogP contribution < -0.4 is 5.32 Å². The molecule has 2 aromatic rings. The summed E-state index contributed by atoms with van der Waals surface area (Å²) in [6.45, 7) is 4.13. The molecule has 0 heterocycles. The summed E-state index contributed by atoms with van der Waals surface area (Å²) in [6, 6.07) is 11.7. The second-order valence-corrected chi connectivity index (χ2v) is 4.71. The molecule has 0 bridgehead atoms. The molecule has 1 nitrogen and oxygen atoms in total. The second kappa shape index (κ2) is 5.93. The number of hydrogen-bond donors (Lipinski definition) is 1. The lowest BCUT2D eigenvalue weighted by Crippen LogP contribution is -2.19. The molecule has 0 aliphatic carbocycles. The molecule has 100 valence electrons. The van der Waals surface area contributed by atoms with Gasteiger partial charge in [0.05, 0.1) is 0 Å². The Morgan fingerprint density at radius 1 is 1.05 bits per heavy atom. The molecule has 0 amide bonds. The van der Waals surface area contributed by atoms with Gasteiger partial charge in [-0.2, -0.15) is 0 Å². The Morgan fingerprint density at radius 2 is 1.79 bits per heavy atom. The number of rotatable bonds is 4. The van der Waals surface area contributed by atoms with Crippen LogP contribution in [0.2, 0.25) is 0 Å². The normalized spacial score (nSPS) is 12.4. The van der Waals surface area contributed by atoms with Crippen molar-refractivity contribution in [1.82, 2.24) is 5.32 Å². The molecular formula is C16H17F2N. The topological polar surface area (TPSA) is 12.0 Å². The van der Waals surface area contributed by atoms with E-state index in [-0.39, 0.29) is 17.7 Å². The van der Waals surface area contributed by atoms with Crippen molar-refractivity contribution in [2.24, 2.45) is 0 Å². The SMILES string of the molecule is Cc1ccc(CNC(C)c2ccccc2F)cc1F. The molecule has 2 aromatic carbocycles. The van der Waals surface area contributed by atoms with Gasteiger partial charge in [0, 0.05) is 18.2 Å². The van der Waals surface area contributed by atoms with Crippen LogP contribution in [0.3, 0.4) is 0 Å². The lowest BCUT2D eigenvalue weighted by molar-refractivity contribution is 0.526. The molecule has 0 saturated carbocycles. The molecule has 3 heteroatoms. The summed E-state index contributed by atoms with van der Waals surface area (Å²) in [7, 11) is 0. The zero-order chi connectivity index (χ0) is 13.8. The number of halogens is 2. The van der Waals surface area contributed by atoms with Crippen molar-refractivity contribution in [3.05, 3.63) is 70.8 Å². The Labute approximate surface area is 112 Å². The second-order valence-electron chi connectivity index (χ2n) is 4.71. The van der Waals surface area contributed by atoms with E-state index in [0.29, 0.717) is 17.7 Å². The summed E-state index contributed by atoms with van der Waals surface area (Å²) in [5.41, 5.74) is 2.10. The molecule has 0 fully saturated rings. The van der Waals surface area contributed by atoms with Crippen molar-refractivity contribution in [3.63, 3.8) is 0 Å². The van der Waals surface area contributed by atoms with Gasteiger partial charge in [-0.15, -0.1) is 0 Å². The first-order valence-electron chi connectivity index (χ1n) is 6.31. The molecule has 0 spiro atoms. The number of hydrogen-bond acceptors (Lipinski definition) is 1. The van der Waals surface area contributed by atoms with Gasteiger partial charge < -0.3 is 5.32 Å². The van der Waals surface area contributed by atoms with E-state index in [1.165, 1.54) is 12.1 Å². The first kappa shape index (κ1) is 13.7. The Balaban J connectivity index is 2.02. The predicted octanol–water partition coefficient (Wildman–Crippen LogP) is 4.12. The van der Waals surface area contributed by atoms with Gasteiger partial charge in [-0.05, 0) is 37.1 Å². The molecule has 0 saturated heterocycles. The van der Waals surface area contributed by atoms with Gasteiger partial charge in [0.15, 0.2) is 0 Å². The maximum absolute atomic E-state index is 13.6. The maximum Gasteiger partial charge on any atom is 0.127 e. The van der Waals surface area contributed by atoms with Gasteiger partial charge in [0.1, 0.15) is 11.6 Å². The minimum Gasteiger partial charge on any atom is -0.306 e. The Morgan fingerprint density at radius 3 is 2.47 bits per heavy atom. The minimum atomic E-state index is -0.224. The van der Waals surface area contributed by atoms with E-state index in [9.17, 15) is 8.78 Å². The molecule has 1 N–H and O–H groups in total. The van der Waals surface area contributed by atoms with Crippen molar-refractivity contribution in [3.8, 4) is 0 Å². The third-order valence-electron chi connectivity index (χ3n) is 3.22. The van der Waals surface area contributed by atoms with Crippen LogP contribution in [-0.2, 0) is 6.54 Å². The Bertz CT molecular complexity index is 566. The Kier molecular flexibility index (Phi) is 4.27. The van der Waals surface area contributed by atoms with Gasteiger partial charge in [0.2, 0.25) is 0 Å². The number of benzene rings is 2. The third-order valence-corrected chi connectivity index (χ3v) is 3.22. The van der Waals surface area contributed by atoms with Gasteiger partial charge in [-0.1, -0.05) is 30.3 Å². The molecule has 19 heavy (non-hydrogen) atoms. The van der Waals surface area contributed by atoms with E-state index in [4.69, 9.17) is 0 Å². The van der Waals surface area contributed by atoms with Crippen LogP contribution in [0.1, 0.15) is 29.7 Å². The lowest BCUT2D eigenvalue weighted by Gasteiger charge is -2.15. The van der Waals surface area contributed by atoms with Crippen molar-refractivity contribution in [2.45, 2.75) is 26.4 Å². The third kappa shape index (κ3) is 3.38. The van der Waals surface area contributed by atoms with E-state index in [2.05, 4.69) is 5.32 Å². The van der Waals surface area contributed by atoms with Crippen molar-refractivity contribution < 1.29 is 8.78 Å². The molecule has 2 rings (SSSR count). The molecule has 0 aliphatic heterocycles. The summed E-state index contributed by atoms with van der Waals surface area (Å²) >= 11 is 0. The van der Waals surface area contributed by atoms with E-state index in [0.717, 1.165) is 5.56 Å². The number of nitrogens with one attached hydrogen (secondary N) is 1. The standard InChI is InChI=1S/C16H17F2N/c1-11-7-8-13(9-16(11)18)10-19-12(2)14-5-3-4-6-15(14)17/h3-9,12,19H,10H2,1-2H3. The van der Waals surface area contributed by atoms with Crippen molar-refractivity contribution in [2.75, 3.05) is 0 Å². The van der Waals surface area contributed by atoms with Crippen LogP contribution in [0, 0.1) is 18.6 Å². The van der Waals surface area contributed by atoms with Crippen molar-refractivity contribution in [1.29, 1.82) is 0 Å². The Hall–Kier alpha value is -1.74. The summed E-state index contributed by atoms with van der Waals surface area (Å²) in [4.78, 5) is 0. The smallest absolute Gasteiger partial charge is 0.127 e. The van der Waals surface area contributed by atoms with Crippen LogP contribution in [0.5, 0.6) is 0 Å². The van der Waals surface area contributed by atoms with E-state index < -0.39 is 0 Å². The average molecular weight is 261 g/mol. The van der Waals surface area contributed by atoms with Crippen LogP contribution in [0.4, 0.5) is 8.78 Å². The molecule has 0 radical (unpaired) electrons. The molecule has 0 aliphatic rings. The summed E-state index contributed by atoms with van der Waals surface area (Å²) in [5, 5.41) is 3.20. The van der Waals surface area contributed by atoms with Crippen LogP contribution in [0.25, 0.3) is 0 Å². The van der Waals surface area contributed by atoms with Crippen molar-refractivity contribution >= 4 is 0 Å². The van der Waals surface area contributed by atoms with Gasteiger partial charge in [-0.25, -0.2) is 8.78 Å². The van der Waals surface area contributed by atoms with E-state index >= 15 is 0 Å². The number of aryl methyl sites for hydroxylation is 1. The fourth-order valence-electron chi connectivity index (χ4n) is 1.95. The zero-order valence-corrected chi connectivity index (χ0v) is 11.1. The summed E-state index contributed by atoms with van der Waals surface area (Å²) < 4.78 is 27.0. The fraction of sp³-hybridized carbons (Fsp3) is 0.250. The van der Waals surface area contributed by atoms with Crippen LogP contribution in [-0.4, -0.2) is 0 Å². The molecule has 1 unspecified atom stereocenters. The highest BCUT2D eigenvalue weighted by Gasteiger charge is 2.09. The van der Waals surface area contributed by atoms with Gasteiger partial charge in [0.25, 0.3) is 0 Å².